The second kappa shape index (κ2) is 5.14. The molecule has 0 aliphatic heterocycles. The number of ether oxygens (including phenoxy) is 1. The van der Waals surface area contributed by atoms with Crippen LogP contribution in [0.1, 0.15) is 13.8 Å². The van der Waals surface area contributed by atoms with Gasteiger partial charge < -0.3 is 15.4 Å². The van der Waals surface area contributed by atoms with E-state index in [9.17, 15) is 9.18 Å². The average molecular weight is 240 g/mol. The average Bonchev–Trinajstić information content (AvgIpc) is 2.29. The highest BCUT2D eigenvalue weighted by atomic mass is 19.1. The second-order valence-electron chi connectivity index (χ2n) is 4.17. The van der Waals surface area contributed by atoms with Gasteiger partial charge in [0.2, 0.25) is 5.91 Å². The van der Waals surface area contributed by atoms with Crippen LogP contribution < -0.4 is 15.4 Å². The van der Waals surface area contributed by atoms with Crippen LogP contribution in [0.5, 0.6) is 5.75 Å². The van der Waals surface area contributed by atoms with Gasteiger partial charge in [0.1, 0.15) is 11.6 Å². The first-order valence-electron chi connectivity index (χ1n) is 5.24. The molecule has 0 aliphatic rings. The van der Waals surface area contributed by atoms with Gasteiger partial charge in [-0.1, -0.05) is 0 Å². The predicted octanol–water partition coefficient (Wildman–Crippen LogP) is 1.77. The third-order valence-corrected chi connectivity index (χ3v) is 2.60. The van der Waals surface area contributed by atoms with E-state index >= 15 is 0 Å². The number of halogens is 1. The van der Waals surface area contributed by atoms with E-state index in [0.29, 0.717) is 11.4 Å². The van der Waals surface area contributed by atoms with Crippen molar-refractivity contribution >= 4 is 11.6 Å². The normalized spacial score (nSPS) is 11.1. The molecule has 5 heteroatoms. The highest BCUT2D eigenvalue weighted by Gasteiger charge is 2.26. The zero-order chi connectivity index (χ0) is 13.1. The van der Waals surface area contributed by atoms with Crippen molar-refractivity contribution in [3.8, 4) is 5.75 Å². The Balaban J connectivity index is 2.95. The van der Waals surface area contributed by atoms with Crippen molar-refractivity contribution in [2.45, 2.75) is 19.4 Å². The first kappa shape index (κ1) is 13.4. The molecule has 0 fully saturated rings. The van der Waals surface area contributed by atoms with Crippen molar-refractivity contribution in [2.24, 2.45) is 0 Å². The molecular weight excluding hydrogens is 223 g/mol. The minimum Gasteiger partial charge on any atom is -0.495 e. The molecule has 0 heterocycles. The molecular formula is C12H17FN2O2. The van der Waals surface area contributed by atoms with Crippen LogP contribution in [0, 0.1) is 5.82 Å². The largest absolute Gasteiger partial charge is 0.495 e. The molecule has 0 unspecified atom stereocenters. The molecule has 1 rings (SSSR count). The van der Waals surface area contributed by atoms with E-state index in [0.717, 1.165) is 0 Å². The third kappa shape index (κ3) is 3.17. The summed E-state index contributed by atoms with van der Waals surface area (Å²) in [4.78, 5) is 11.9. The van der Waals surface area contributed by atoms with Gasteiger partial charge in [-0.25, -0.2) is 4.39 Å². The van der Waals surface area contributed by atoms with Crippen LogP contribution in [0.3, 0.4) is 0 Å². The number of likely N-dealkylation sites (N-methyl/N-ethyl adjacent to an activating group) is 1. The van der Waals surface area contributed by atoms with Crippen molar-refractivity contribution in [1.82, 2.24) is 5.32 Å². The zero-order valence-electron chi connectivity index (χ0n) is 10.4. The van der Waals surface area contributed by atoms with Crippen LogP contribution in [0.15, 0.2) is 18.2 Å². The zero-order valence-corrected chi connectivity index (χ0v) is 10.4. The van der Waals surface area contributed by atoms with E-state index in [1.165, 1.54) is 25.3 Å². The number of anilines is 1. The van der Waals surface area contributed by atoms with Crippen LogP contribution in [-0.2, 0) is 4.79 Å². The SMILES string of the molecule is CNC(C)(C)C(=O)Nc1cc(F)ccc1OC. The molecule has 0 saturated carbocycles. The van der Waals surface area contributed by atoms with Crippen molar-refractivity contribution in [2.75, 3.05) is 19.5 Å². The summed E-state index contributed by atoms with van der Waals surface area (Å²) in [6, 6.07) is 3.97. The molecule has 2 N–H and O–H groups in total. The fraction of sp³-hybridized carbons (Fsp3) is 0.417. The summed E-state index contributed by atoms with van der Waals surface area (Å²) in [5.41, 5.74) is -0.419. The summed E-state index contributed by atoms with van der Waals surface area (Å²) in [7, 11) is 3.15. The first-order chi connectivity index (χ1) is 7.90. The molecule has 1 aromatic rings. The fourth-order valence-electron chi connectivity index (χ4n) is 1.17. The number of carbonyl (C=O) groups excluding carboxylic acids is 1. The van der Waals surface area contributed by atoms with E-state index in [4.69, 9.17) is 4.74 Å². The summed E-state index contributed by atoms with van der Waals surface area (Å²) in [6.07, 6.45) is 0. The lowest BCUT2D eigenvalue weighted by molar-refractivity contribution is -0.121. The number of rotatable bonds is 4. The monoisotopic (exact) mass is 240 g/mol. The fourth-order valence-corrected chi connectivity index (χ4v) is 1.17. The number of carbonyl (C=O) groups is 1. The predicted molar refractivity (Wildman–Crippen MR) is 64.7 cm³/mol. The Morgan fingerprint density at radius 3 is 2.59 bits per heavy atom. The van der Waals surface area contributed by atoms with Crippen LogP contribution in [0.25, 0.3) is 0 Å². The Morgan fingerprint density at radius 2 is 2.06 bits per heavy atom. The van der Waals surface area contributed by atoms with Crippen LogP contribution >= 0.6 is 0 Å². The van der Waals surface area contributed by atoms with Crippen molar-refractivity contribution in [3.05, 3.63) is 24.0 Å². The molecule has 1 aromatic carbocycles. The number of nitrogens with one attached hydrogen (secondary N) is 2. The highest BCUT2D eigenvalue weighted by molar-refractivity contribution is 5.98. The van der Waals surface area contributed by atoms with E-state index in [-0.39, 0.29) is 5.91 Å². The van der Waals surface area contributed by atoms with Gasteiger partial charge in [0.25, 0.3) is 0 Å². The Hall–Kier alpha value is -1.62. The molecule has 4 nitrogen and oxygen atoms in total. The standard InChI is InChI=1S/C12H17FN2O2/c1-12(2,14-3)11(16)15-9-7-8(13)5-6-10(9)17-4/h5-7,14H,1-4H3,(H,15,16). The molecule has 0 radical (unpaired) electrons. The Labute approximate surface area is 100 Å². The van der Waals surface area contributed by atoms with Gasteiger partial charge in [0.15, 0.2) is 0 Å². The number of hydrogen-bond acceptors (Lipinski definition) is 3. The van der Waals surface area contributed by atoms with Gasteiger partial charge >= 0.3 is 0 Å². The molecule has 0 aromatic heterocycles. The van der Waals surface area contributed by atoms with Crippen molar-refractivity contribution in [3.63, 3.8) is 0 Å². The molecule has 0 atom stereocenters. The van der Waals surface area contributed by atoms with Gasteiger partial charge in [0.05, 0.1) is 18.3 Å². The second-order valence-corrected chi connectivity index (χ2v) is 4.17. The summed E-state index contributed by atoms with van der Waals surface area (Å²) in [5.74, 6) is -0.265. The summed E-state index contributed by atoms with van der Waals surface area (Å²) in [6.45, 7) is 3.46. The van der Waals surface area contributed by atoms with E-state index in [2.05, 4.69) is 10.6 Å². The number of hydrogen-bond donors (Lipinski definition) is 2. The summed E-state index contributed by atoms with van der Waals surface area (Å²) in [5, 5.41) is 5.49. The van der Waals surface area contributed by atoms with Gasteiger partial charge in [-0.15, -0.1) is 0 Å². The van der Waals surface area contributed by atoms with Gasteiger partial charge in [-0.05, 0) is 33.0 Å². The van der Waals surface area contributed by atoms with Crippen LogP contribution in [-0.4, -0.2) is 25.6 Å². The van der Waals surface area contributed by atoms with E-state index in [1.54, 1.807) is 20.9 Å². The Bertz CT molecular complexity index is 419. The molecule has 94 valence electrons. The van der Waals surface area contributed by atoms with E-state index < -0.39 is 11.4 Å². The lowest BCUT2D eigenvalue weighted by Crippen LogP contribution is -2.47. The highest BCUT2D eigenvalue weighted by Crippen LogP contribution is 2.25. The van der Waals surface area contributed by atoms with Gasteiger partial charge in [0, 0.05) is 6.07 Å². The number of methoxy groups -OCH3 is 1. The molecule has 0 spiro atoms. The van der Waals surface area contributed by atoms with Crippen LogP contribution in [0.2, 0.25) is 0 Å². The molecule has 0 aliphatic carbocycles. The topological polar surface area (TPSA) is 50.4 Å². The van der Waals surface area contributed by atoms with Crippen molar-refractivity contribution < 1.29 is 13.9 Å². The summed E-state index contributed by atoms with van der Waals surface area (Å²) >= 11 is 0. The Morgan fingerprint density at radius 1 is 1.41 bits per heavy atom. The quantitative estimate of drug-likeness (QED) is 0.843. The van der Waals surface area contributed by atoms with E-state index in [1.807, 2.05) is 0 Å². The maximum Gasteiger partial charge on any atom is 0.244 e. The lowest BCUT2D eigenvalue weighted by atomic mass is 10.1. The maximum atomic E-state index is 13.1. The lowest BCUT2D eigenvalue weighted by Gasteiger charge is -2.23. The Kier molecular flexibility index (Phi) is 4.07. The molecule has 0 bridgehead atoms. The van der Waals surface area contributed by atoms with Crippen molar-refractivity contribution in [1.29, 1.82) is 0 Å². The molecule has 0 saturated heterocycles. The minimum atomic E-state index is -0.739. The molecule has 17 heavy (non-hydrogen) atoms. The van der Waals surface area contributed by atoms with Gasteiger partial charge in [-0.3, -0.25) is 4.79 Å². The number of amides is 1. The summed E-state index contributed by atoms with van der Waals surface area (Å²) < 4.78 is 18.1. The molecule has 1 amide bonds. The maximum absolute atomic E-state index is 13.1. The van der Waals surface area contributed by atoms with Crippen LogP contribution in [0.4, 0.5) is 10.1 Å². The third-order valence-electron chi connectivity index (χ3n) is 2.60. The smallest absolute Gasteiger partial charge is 0.244 e. The minimum absolute atomic E-state index is 0.260. The van der Waals surface area contributed by atoms with Gasteiger partial charge in [-0.2, -0.15) is 0 Å². The number of benzene rings is 1. The first-order valence-corrected chi connectivity index (χ1v) is 5.24.